The van der Waals surface area contributed by atoms with Gasteiger partial charge in [0.25, 0.3) is 0 Å². The number of halogens is 3. The van der Waals surface area contributed by atoms with E-state index >= 15 is 0 Å². The van der Waals surface area contributed by atoms with E-state index < -0.39 is 30.8 Å². The van der Waals surface area contributed by atoms with Gasteiger partial charge in [-0.25, -0.2) is 8.78 Å². The van der Waals surface area contributed by atoms with E-state index in [0.29, 0.717) is 10.4 Å². The van der Waals surface area contributed by atoms with E-state index in [4.69, 9.17) is 11.6 Å². The van der Waals surface area contributed by atoms with Crippen LogP contribution < -0.4 is 5.32 Å². The van der Waals surface area contributed by atoms with Crippen molar-refractivity contribution >= 4 is 52.6 Å². The van der Waals surface area contributed by atoms with E-state index in [1.807, 2.05) is 0 Å². The summed E-state index contributed by atoms with van der Waals surface area (Å²) in [5.74, 6) is -3.00. The van der Waals surface area contributed by atoms with Gasteiger partial charge < -0.3 is 15.1 Å². The maximum absolute atomic E-state index is 13.2. The summed E-state index contributed by atoms with van der Waals surface area (Å²) in [6, 6.07) is 8.01. The number of thiophene rings is 1. The lowest BCUT2D eigenvalue weighted by Gasteiger charge is -2.16. The Labute approximate surface area is 167 Å². The highest BCUT2D eigenvalue weighted by atomic mass is 35.5. The maximum atomic E-state index is 13.2. The van der Waals surface area contributed by atoms with Gasteiger partial charge in [-0.3, -0.25) is 9.36 Å². The van der Waals surface area contributed by atoms with Crippen LogP contribution in [0.5, 0.6) is 0 Å². The quantitative estimate of drug-likeness (QED) is 0.492. The molecule has 28 heavy (non-hydrogen) atoms. The molecule has 0 spiro atoms. The molecule has 0 bridgehead atoms. The molecular weight excluding hydrogens is 431 g/mol. The van der Waals surface area contributed by atoms with Gasteiger partial charge in [0.2, 0.25) is 5.91 Å². The third-order valence-electron chi connectivity index (χ3n) is 3.89. The average Bonchev–Trinajstić information content (AvgIpc) is 3.00. The number of carbonyl (C=O) groups is 1. The zero-order valence-electron chi connectivity index (χ0n) is 14.0. The summed E-state index contributed by atoms with van der Waals surface area (Å²) in [6.45, 7) is 0. The lowest BCUT2D eigenvalue weighted by molar-refractivity contribution is -0.120. The Bertz CT molecular complexity index is 1130. The molecule has 0 radical (unpaired) electrons. The molecule has 3 rings (SSSR count). The van der Waals surface area contributed by atoms with Gasteiger partial charge in [0.15, 0.2) is 17.3 Å². The fourth-order valence-corrected chi connectivity index (χ4v) is 4.82. The Morgan fingerprint density at radius 1 is 1.18 bits per heavy atom. The predicted octanol–water partition coefficient (Wildman–Crippen LogP) is 4.84. The second-order valence-corrected chi connectivity index (χ2v) is 8.88. The second-order valence-electron chi connectivity index (χ2n) is 5.84. The van der Waals surface area contributed by atoms with E-state index in [2.05, 4.69) is 5.32 Å². The number of rotatable bonds is 5. The monoisotopic (exact) mass is 443 g/mol. The molecule has 0 saturated heterocycles. The standard InChI is InChI=1S/C18H13ClF2NO4PS/c19-11-2-4-16-12(8-11)13(9-28-16)17(27(24,25)26)18(23)22-6-5-10-1-3-14(20)15(21)7-10/h1-9,17H,(H,22,23)(H2,24,25,26)/b6-5+. The summed E-state index contributed by atoms with van der Waals surface area (Å²) in [6.07, 6.45) is 2.39. The molecule has 2 aromatic carbocycles. The number of carbonyl (C=O) groups excluding carboxylic acids is 1. The fraction of sp³-hybridized carbons (Fsp3) is 0.0556. The minimum atomic E-state index is -4.86. The molecule has 3 aromatic rings. The largest absolute Gasteiger partial charge is 0.342 e. The van der Waals surface area contributed by atoms with E-state index in [0.717, 1.165) is 23.0 Å². The summed E-state index contributed by atoms with van der Waals surface area (Å²) in [5.41, 5.74) is -1.32. The molecule has 0 aliphatic rings. The molecule has 10 heteroatoms. The zero-order chi connectivity index (χ0) is 20.5. The molecule has 3 N–H and O–H groups in total. The molecule has 1 unspecified atom stereocenters. The molecule has 1 amide bonds. The van der Waals surface area contributed by atoms with Crippen molar-refractivity contribution in [3.63, 3.8) is 0 Å². The van der Waals surface area contributed by atoms with Gasteiger partial charge >= 0.3 is 7.60 Å². The lowest BCUT2D eigenvalue weighted by Crippen LogP contribution is -2.25. The Balaban J connectivity index is 1.88. The topological polar surface area (TPSA) is 86.6 Å². The van der Waals surface area contributed by atoms with Gasteiger partial charge in [0.1, 0.15) is 0 Å². The number of nitrogens with one attached hydrogen (secondary N) is 1. The molecule has 146 valence electrons. The van der Waals surface area contributed by atoms with Crippen LogP contribution in [0, 0.1) is 11.6 Å². The third kappa shape index (κ3) is 4.48. The predicted molar refractivity (Wildman–Crippen MR) is 105 cm³/mol. The van der Waals surface area contributed by atoms with Crippen LogP contribution in [0.1, 0.15) is 16.8 Å². The highest BCUT2D eigenvalue weighted by molar-refractivity contribution is 7.53. The van der Waals surface area contributed by atoms with Gasteiger partial charge in [0.05, 0.1) is 0 Å². The number of hydrogen-bond donors (Lipinski definition) is 3. The van der Waals surface area contributed by atoms with Crippen LogP contribution in [0.15, 0.2) is 48.0 Å². The summed E-state index contributed by atoms with van der Waals surface area (Å²) < 4.78 is 38.9. The first-order chi connectivity index (χ1) is 13.2. The highest BCUT2D eigenvalue weighted by Crippen LogP contribution is 2.54. The molecule has 1 heterocycles. The molecule has 1 aromatic heterocycles. The molecular formula is C18H13ClF2NO4PS. The van der Waals surface area contributed by atoms with Crippen molar-refractivity contribution < 1.29 is 27.9 Å². The van der Waals surface area contributed by atoms with Gasteiger partial charge in [-0.2, -0.15) is 0 Å². The first kappa shape index (κ1) is 20.6. The summed E-state index contributed by atoms with van der Waals surface area (Å²) in [7, 11) is -4.86. The Morgan fingerprint density at radius 3 is 2.61 bits per heavy atom. The maximum Gasteiger partial charge on any atom is 0.342 e. The van der Waals surface area contributed by atoms with Crippen molar-refractivity contribution in [3.05, 3.63) is 75.8 Å². The number of hydrogen-bond acceptors (Lipinski definition) is 3. The minimum absolute atomic E-state index is 0.162. The van der Waals surface area contributed by atoms with Crippen LogP contribution in [-0.2, 0) is 9.36 Å². The minimum Gasteiger partial charge on any atom is -0.332 e. The molecule has 1 atom stereocenters. The summed E-state index contributed by atoms with van der Waals surface area (Å²) >= 11 is 7.19. The van der Waals surface area contributed by atoms with Crippen molar-refractivity contribution in [2.24, 2.45) is 0 Å². The van der Waals surface area contributed by atoms with Gasteiger partial charge in [0, 0.05) is 15.9 Å². The SMILES string of the molecule is O=C(N/C=C/c1ccc(F)c(F)c1)C(c1csc2ccc(Cl)cc12)P(=O)(O)O. The van der Waals surface area contributed by atoms with E-state index in [-0.39, 0.29) is 11.1 Å². The van der Waals surface area contributed by atoms with Crippen LogP contribution in [-0.4, -0.2) is 15.7 Å². The Kier molecular flexibility index (Phi) is 5.98. The average molecular weight is 444 g/mol. The third-order valence-corrected chi connectivity index (χ3v) is 6.29. The smallest absolute Gasteiger partial charge is 0.332 e. The molecule has 0 fully saturated rings. The van der Waals surface area contributed by atoms with Gasteiger partial charge in [-0.05, 0) is 58.3 Å². The van der Waals surface area contributed by atoms with Crippen molar-refractivity contribution in [2.75, 3.05) is 0 Å². The Morgan fingerprint density at radius 2 is 1.93 bits per heavy atom. The second kappa shape index (κ2) is 8.11. The van der Waals surface area contributed by atoms with Crippen molar-refractivity contribution in [1.29, 1.82) is 0 Å². The summed E-state index contributed by atoms with van der Waals surface area (Å²) in [5, 5.41) is 4.63. The lowest BCUT2D eigenvalue weighted by atomic mass is 10.1. The summed E-state index contributed by atoms with van der Waals surface area (Å²) in [4.78, 5) is 32.0. The normalized spacial score (nSPS) is 13.2. The van der Waals surface area contributed by atoms with E-state index in [1.165, 1.54) is 34.9 Å². The van der Waals surface area contributed by atoms with Crippen molar-refractivity contribution in [1.82, 2.24) is 5.32 Å². The van der Waals surface area contributed by atoms with Crippen molar-refractivity contribution in [2.45, 2.75) is 5.66 Å². The van der Waals surface area contributed by atoms with E-state index in [1.54, 1.807) is 12.1 Å². The van der Waals surface area contributed by atoms with Crippen LogP contribution in [0.4, 0.5) is 8.78 Å². The number of fused-ring (bicyclic) bond motifs is 1. The molecule has 0 saturated carbocycles. The molecule has 0 aliphatic carbocycles. The van der Waals surface area contributed by atoms with E-state index in [9.17, 15) is 27.9 Å². The van der Waals surface area contributed by atoms with Gasteiger partial charge in [-0.15, -0.1) is 11.3 Å². The molecule has 5 nitrogen and oxygen atoms in total. The fourth-order valence-electron chi connectivity index (χ4n) is 2.62. The zero-order valence-corrected chi connectivity index (χ0v) is 16.4. The first-order valence-corrected chi connectivity index (χ1v) is 10.7. The first-order valence-electron chi connectivity index (χ1n) is 7.80. The van der Waals surface area contributed by atoms with Crippen LogP contribution in [0.25, 0.3) is 16.2 Å². The number of amides is 1. The van der Waals surface area contributed by atoms with Crippen LogP contribution in [0.3, 0.4) is 0 Å². The molecule has 0 aliphatic heterocycles. The van der Waals surface area contributed by atoms with Crippen LogP contribution in [0.2, 0.25) is 5.02 Å². The Hall–Kier alpha value is -2.09. The van der Waals surface area contributed by atoms with Crippen molar-refractivity contribution in [3.8, 4) is 0 Å². The number of benzene rings is 2. The van der Waals surface area contributed by atoms with Crippen LogP contribution >= 0.6 is 30.5 Å². The van der Waals surface area contributed by atoms with Gasteiger partial charge in [-0.1, -0.05) is 17.7 Å². The highest BCUT2D eigenvalue weighted by Gasteiger charge is 2.38.